The van der Waals surface area contributed by atoms with E-state index in [0.29, 0.717) is 17.7 Å². The van der Waals surface area contributed by atoms with Gasteiger partial charge in [0.15, 0.2) is 0 Å². The number of carbonyl (C=O) groups is 1. The normalized spacial score (nSPS) is 9.25. The fourth-order valence-electron chi connectivity index (χ4n) is 1.22. The van der Waals surface area contributed by atoms with Crippen molar-refractivity contribution in [3.8, 4) is 0 Å². The highest BCUT2D eigenvalue weighted by molar-refractivity contribution is 6.34. The van der Waals surface area contributed by atoms with E-state index in [4.69, 9.17) is 17.4 Å². The zero-order valence-corrected chi connectivity index (χ0v) is 9.99. The molecule has 0 bridgehead atoms. The van der Waals surface area contributed by atoms with E-state index in [-0.39, 0.29) is 23.0 Å². The number of nitrogens with two attached hydrogens (primary N) is 1. The number of aryl methyl sites for hydroxylation is 1. The lowest BCUT2D eigenvalue weighted by Gasteiger charge is -2.08. The van der Waals surface area contributed by atoms with Gasteiger partial charge >= 0.3 is 5.97 Å². The van der Waals surface area contributed by atoms with Crippen LogP contribution in [0.2, 0.25) is 5.02 Å². The minimum Gasteiger partial charge on any atom is -0.324 e. The molecule has 1 aromatic carbocycles. The molecule has 1 aromatic rings. The Hall–Kier alpha value is -1.04. The van der Waals surface area contributed by atoms with Gasteiger partial charge in [0.2, 0.25) is 0 Å². The molecule has 0 aromatic heterocycles. The van der Waals surface area contributed by atoms with Gasteiger partial charge in [0.1, 0.15) is 0 Å². The van der Waals surface area contributed by atoms with Crippen molar-refractivity contribution in [3.63, 3.8) is 0 Å². The second-order valence-corrected chi connectivity index (χ2v) is 3.24. The Kier molecular flexibility index (Phi) is 6.10. The standard InChI is InChI=1S/C9H10ClFN2O2.ClH/c1-2-5-3-6(13-12)4-7(8(5)10)9(14)15-11;/h3-4,13H,2,12H2,1H3;1H. The van der Waals surface area contributed by atoms with Gasteiger partial charge in [-0.3, -0.25) is 5.84 Å². The van der Waals surface area contributed by atoms with Gasteiger partial charge in [-0.2, -0.15) is 0 Å². The summed E-state index contributed by atoms with van der Waals surface area (Å²) in [4.78, 5) is 14.1. The summed E-state index contributed by atoms with van der Waals surface area (Å²) in [5.41, 5.74) is 3.47. The lowest BCUT2D eigenvalue weighted by molar-refractivity contribution is -0.0787. The number of hydrogen-bond acceptors (Lipinski definition) is 4. The fourth-order valence-corrected chi connectivity index (χ4v) is 1.54. The Morgan fingerprint density at radius 3 is 2.69 bits per heavy atom. The molecule has 0 aliphatic heterocycles. The second-order valence-electron chi connectivity index (χ2n) is 2.86. The van der Waals surface area contributed by atoms with Crippen molar-refractivity contribution in [2.24, 2.45) is 5.84 Å². The predicted octanol–water partition coefficient (Wildman–Crippen LogP) is 2.65. The first-order valence-electron chi connectivity index (χ1n) is 4.26. The predicted molar refractivity (Wildman–Crippen MR) is 62.4 cm³/mol. The minimum atomic E-state index is -1.13. The number of hydrogen-bond donors (Lipinski definition) is 2. The molecule has 0 saturated carbocycles. The molecule has 0 atom stereocenters. The van der Waals surface area contributed by atoms with E-state index in [2.05, 4.69) is 10.4 Å². The van der Waals surface area contributed by atoms with E-state index >= 15 is 0 Å². The Morgan fingerprint density at radius 1 is 1.62 bits per heavy atom. The largest absolute Gasteiger partial charge is 0.381 e. The topological polar surface area (TPSA) is 64.3 Å². The van der Waals surface area contributed by atoms with E-state index in [0.717, 1.165) is 0 Å². The molecule has 0 aliphatic rings. The maximum absolute atomic E-state index is 11.8. The smallest absolute Gasteiger partial charge is 0.324 e. The highest BCUT2D eigenvalue weighted by Gasteiger charge is 2.16. The monoisotopic (exact) mass is 268 g/mol. The summed E-state index contributed by atoms with van der Waals surface area (Å²) in [6, 6.07) is 3.00. The summed E-state index contributed by atoms with van der Waals surface area (Å²) >= 11 is 5.88. The summed E-state index contributed by atoms with van der Waals surface area (Å²) in [5.74, 6) is 4.06. The number of rotatable bonds is 3. The summed E-state index contributed by atoms with van der Waals surface area (Å²) in [6.45, 7) is 1.85. The lowest BCUT2D eigenvalue weighted by atomic mass is 10.1. The number of nitrogen functional groups attached to an aromatic ring is 1. The van der Waals surface area contributed by atoms with Crippen LogP contribution in [0.3, 0.4) is 0 Å². The molecule has 3 N–H and O–H groups in total. The van der Waals surface area contributed by atoms with Crippen LogP contribution in [0.5, 0.6) is 0 Å². The maximum atomic E-state index is 11.8. The van der Waals surface area contributed by atoms with Crippen LogP contribution in [-0.2, 0) is 11.4 Å². The zero-order valence-electron chi connectivity index (χ0n) is 8.42. The van der Waals surface area contributed by atoms with Crippen LogP contribution in [0, 0.1) is 0 Å². The minimum absolute atomic E-state index is 0. The van der Waals surface area contributed by atoms with Crippen LogP contribution in [0.25, 0.3) is 0 Å². The van der Waals surface area contributed by atoms with Crippen molar-refractivity contribution < 1.29 is 14.3 Å². The summed E-state index contributed by atoms with van der Waals surface area (Å²) < 4.78 is 11.8. The lowest BCUT2D eigenvalue weighted by Crippen LogP contribution is -2.10. The summed E-state index contributed by atoms with van der Waals surface area (Å²) in [5, 5.41) is 0.180. The van der Waals surface area contributed by atoms with Crippen molar-refractivity contribution in [1.29, 1.82) is 0 Å². The first-order chi connectivity index (χ1) is 7.13. The van der Waals surface area contributed by atoms with Crippen molar-refractivity contribution in [3.05, 3.63) is 28.3 Å². The van der Waals surface area contributed by atoms with Gasteiger partial charge in [0.25, 0.3) is 0 Å². The van der Waals surface area contributed by atoms with Gasteiger partial charge in [-0.25, -0.2) is 9.74 Å². The molecule has 7 heteroatoms. The molecule has 0 spiro atoms. The number of nitrogens with one attached hydrogen (secondary N) is 1. The molecule has 0 aliphatic carbocycles. The van der Waals surface area contributed by atoms with Gasteiger partial charge in [-0.05, 0) is 24.1 Å². The molecule has 16 heavy (non-hydrogen) atoms. The van der Waals surface area contributed by atoms with Crippen LogP contribution < -0.4 is 11.3 Å². The average molecular weight is 269 g/mol. The number of benzene rings is 1. The van der Waals surface area contributed by atoms with Crippen LogP contribution in [0.15, 0.2) is 12.1 Å². The Morgan fingerprint density at radius 2 is 2.25 bits per heavy atom. The molecule has 0 amide bonds. The first kappa shape index (κ1) is 15.0. The molecule has 4 nitrogen and oxygen atoms in total. The number of halogens is 3. The highest BCUT2D eigenvalue weighted by atomic mass is 35.5. The third-order valence-electron chi connectivity index (χ3n) is 1.99. The summed E-state index contributed by atoms with van der Waals surface area (Å²) in [7, 11) is 0. The molecule has 0 radical (unpaired) electrons. The van der Waals surface area contributed by atoms with Crippen molar-refractivity contribution in [1.82, 2.24) is 0 Å². The average Bonchev–Trinajstić information content (AvgIpc) is 2.28. The van der Waals surface area contributed by atoms with Crippen LogP contribution in [0.1, 0.15) is 22.8 Å². The summed E-state index contributed by atoms with van der Waals surface area (Å²) in [6.07, 6.45) is 0.598. The van der Waals surface area contributed by atoms with Gasteiger partial charge in [-0.1, -0.05) is 18.5 Å². The molecule has 0 fully saturated rings. The molecule has 90 valence electrons. The van der Waals surface area contributed by atoms with Gasteiger partial charge in [0.05, 0.1) is 10.6 Å². The van der Waals surface area contributed by atoms with Crippen molar-refractivity contribution in [2.75, 3.05) is 5.43 Å². The van der Waals surface area contributed by atoms with Crippen LogP contribution >= 0.6 is 24.0 Å². The highest BCUT2D eigenvalue weighted by Crippen LogP contribution is 2.26. The molecule has 0 saturated heterocycles. The Balaban J connectivity index is 0.00000225. The van der Waals surface area contributed by atoms with E-state index in [1.807, 2.05) is 6.92 Å². The quantitative estimate of drug-likeness (QED) is 0.654. The Bertz CT molecular complexity index is 388. The molecule has 0 unspecified atom stereocenters. The first-order valence-corrected chi connectivity index (χ1v) is 4.63. The van der Waals surface area contributed by atoms with E-state index in [9.17, 15) is 9.32 Å². The van der Waals surface area contributed by atoms with Gasteiger partial charge in [0, 0.05) is 10.2 Å². The number of hydrazine groups is 1. The van der Waals surface area contributed by atoms with E-state index in [1.165, 1.54) is 6.07 Å². The van der Waals surface area contributed by atoms with Gasteiger partial charge in [-0.15, -0.1) is 12.4 Å². The fraction of sp³-hybridized carbons (Fsp3) is 0.222. The third-order valence-corrected chi connectivity index (χ3v) is 2.43. The number of carbonyl (C=O) groups excluding carboxylic acids is 1. The van der Waals surface area contributed by atoms with Crippen molar-refractivity contribution >= 4 is 35.7 Å². The molecular formula is C9H11Cl2FN2O2. The van der Waals surface area contributed by atoms with E-state index < -0.39 is 5.97 Å². The Labute approximate surface area is 103 Å². The SMILES string of the molecule is CCc1cc(NN)cc(C(=O)OF)c1Cl.Cl. The number of anilines is 1. The van der Waals surface area contributed by atoms with Crippen molar-refractivity contribution in [2.45, 2.75) is 13.3 Å². The van der Waals surface area contributed by atoms with E-state index in [1.54, 1.807) is 6.07 Å². The molecule has 0 heterocycles. The zero-order chi connectivity index (χ0) is 11.4. The van der Waals surface area contributed by atoms with Crippen LogP contribution in [-0.4, -0.2) is 5.97 Å². The maximum Gasteiger partial charge on any atom is 0.381 e. The molecular weight excluding hydrogens is 258 g/mol. The van der Waals surface area contributed by atoms with Crippen LogP contribution in [0.4, 0.5) is 10.2 Å². The third kappa shape index (κ3) is 2.98. The second kappa shape index (κ2) is 6.52. The van der Waals surface area contributed by atoms with Gasteiger partial charge < -0.3 is 5.43 Å². The molecule has 1 rings (SSSR count).